The maximum atomic E-state index is 12.7. The number of carbonyl (C=O) groups excluding carboxylic acids is 2. The Bertz CT molecular complexity index is 1060. The number of benzene rings is 1. The van der Waals surface area contributed by atoms with Gasteiger partial charge in [0.1, 0.15) is 17.0 Å². The van der Waals surface area contributed by atoms with E-state index in [4.69, 9.17) is 20.9 Å². The molecule has 7 heteroatoms. The largest absolute Gasteiger partial charge is 0.454 e. The number of esters is 1. The van der Waals surface area contributed by atoms with Crippen molar-refractivity contribution in [1.29, 1.82) is 0 Å². The smallest absolute Gasteiger partial charge is 0.344 e. The van der Waals surface area contributed by atoms with E-state index in [2.05, 4.69) is 16.6 Å². The zero-order valence-corrected chi connectivity index (χ0v) is 17.7. The van der Waals surface area contributed by atoms with Gasteiger partial charge in [-0.2, -0.15) is 0 Å². The summed E-state index contributed by atoms with van der Waals surface area (Å²) in [6, 6.07) is 8.84. The summed E-state index contributed by atoms with van der Waals surface area (Å²) in [5, 5.41) is 4.39. The highest BCUT2D eigenvalue weighted by atomic mass is 35.5. The number of Topliss-reactive ketones (excluding diaryl/α,β-unsaturated/α-hetero) is 1. The zero-order chi connectivity index (χ0) is 21.1. The predicted octanol–water partition coefficient (Wildman–Crippen LogP) is 5.17. The number of carbonyl (C=O) groups is 2. The quantitative estimate of drug-likeness (QED) is 0.393. The molecule has 0 atom stereocenters. The summed E-state index contributed by atoms with van der Waals surface area (Å²) in [5.41, 5.74) is 3.48. The number of hydrogen-bond acceptors (Lipinski definition) is 5. The van der Waals surface area contributed by atoms with Crippen molar-refractivity contribution in [1.82, 2.24) is 9.72 Å². The second-order valence-electron chi connectivity index (χ2n) is 6.88. The maximum Gasteiger partial charge on any atom is 0.344 e. The molecular formula is C22H23ClN2O4. The summed E-state index contributed by atoms with van der Waals surface area (Å²) >= 11 is 6.22. The van der Waals surface area contributed by atoms with Crippen LogP contribution < -0.4 is 0 Å². The fourth-order valence-corrected chi connectivity index (χ4v) is 3.61. The molecule has 0 bridgehead atoms. The Hall–Kier alpha value is -2.86. The van der Waals surface area contributed by atoms with Crippen LogP contribution in [0.4, 0.5) is 0 Å². The Morgan fingerprint density at radius 3 is 2.62 bits per heavy atom. The highest BCUT2D eigenvalue weighted by molar-refractivity contribution is 6.33. The van der Waals surface area contributed by atoms with Gasteiger partial charge in [-0.3, -0.25) is 4.79 Å². The molecule has 29 heavy (non-hydrogen) atoms. The highest BCUT2D eigenvalue weighted by Gasteiger charge is 2.25. The van der Waals surface area contributed by atoms with Crippen LogP contribution in [-0.2, 0) is 11.3 Å². The predicted molar refractivity (Wildman–Crippen MR) is 110 cm³/mol. The molecule has 0 fully saturated rings. The first-order valence-electron chi connectivity index (χ1n) is 9.43. The second-order valence-corrected chi connectivity index (χ2v) is 7.29. The Morgan fingerprint density at radius 2 is 1.93 bits per heavy atom. The Morgan fingerprint density at radius 1 is 1.21 bits per heavy atom. The van der Waals surface area contributed by atoms with Crippen molar-refractivity contribution in [2.24, 2.45) is 0 Å². The number of nitrogens with zero attached hydrogens (tertiary/aromatic N) is 2. The van der Waals surface area contributed by atoms with Crippen LogP contribution >= 0.6 is 11.6 Å². The summed E-state index contributed by atoms with van der Waals surface area (Å²) in [6.45, 7) is 8.04. The average molecular weight is 415 g/mol. The molecular weight excluding hydrogens is 392 g/mol. The molecule has 0 N–H and O–H groups in total. The normalized spacial score (nSPS) is 10.9. The fraction of sp³-hybridized carbons (Fsp3) is 0.318. The third-order valence-corrected chi connectivity index (χ3v) is 5.18. The van der Waals surface area contributed by atoms with E-state index >= 15 is 0 Å². The van der Waals surface area contributed by atoms with Crippen molar-refractivity contribution >= 4 is 23.4 Å². The third kappa shape index (κ3) is 4.12. The molecule has 0 spiro atoms. The summed E-state index contributed by atoms with van der Waals surface area (Å²) in [5.74, 6) is -0.616. The minimum Gasteiger partial charge on any atom is -0.454 e. The van der Waals surface area contributed by atoms with E-state index in [-0.39, 0.29) is 18.0 Å². The van der Waals surface area contributed by atoms with Crippen LogP contribution in [0.25, 0.3) is 11.3 Å². The van der Waals surface area contributed by atoms with E-state index < -0.39 is 5.97 Å². The van der Waals surface area contributed by atoms with Crippen molar-refractivity contribution in [2.45, 2.75) is 40.7 Å². The summed E-state index contributed by atoms with van der Waals surface area (Å²) in [6.07, 6.45) is 0.969. The van der Waals surface area contributed by atoms with Crippen molar-refractivity contribution in [3.8, 4) is 11.3 Å². The minimum atomic E-state index is -0.672. The van der Waals surface area contributed by atoms with Crippen LogP contribution in [0.2, 0.25) is 5.02 Å². The summed E-state index contributed by atoms with van der Waals surface area (Å²) < 4.78 is 12.6. The lowest BCUT2D eigenvalue weighted by molar-refractivity contribution is 0.0473. The number of aryl methyl sites for hydroxylation is 2. The van der Waals surface area contributed by atoms with Gasteiger partial charge >= 0.3 is 5.97 Å². The fourth-order valence-electron chi connectivity index (χ4n) is 3.38. The van der Waals surface area contributed by atoms with Gasteiger partial charge in [0.15, 0.2) is 6.61 Å². The molecule has 0 amide bonds. The molecule has 6 nitrogen and oxygen atoms in total. The van der Waals surface area contributed by atoms with Gasteiger partial charge < -0.3 is 13.8 Å². The van der Waals surface area contributed by atoms with Gasteiger partial charge in [0.25, 0.3) is 0 Å². The second kappa shape index (κ2) is 8.66. The Kier molecular flexibility index (Phi) is 6.23. The topological polar surface area (TPSA) is 74.3 Å². The van der Waals surface area contributed by atoms with Crippen LogP contribution in [-0.4, -0.2) is 28.1 Å². The Balaban J connectivity index is 1.79. The number of rotatable bonds is 7. The number of ether oxygens (including phenoxy) is 1. The van der Waals surface area contributed by atoms with Gasteiger partial charge in [0, 0.05) is 29.1 Å². The summed E-state index contributed by atoms with van der Waals surface area (Å²) in [4.78, 5) is 25.4. The minimum absolute atomic E-state index is 0.169. The molecule has 0 aliphatic heterocycles. The van der Waals surface area contributed by atoms with Crippen molar-refractivity contribution in [3.63, 3.8) is 0 Å². The first-order valence-corrected chi connectivity index (χ1v) is 9.81. The lowest BCUT2D eigenvalue weighted by Crippen LogP contribution is -2.16. The van der Waals surface area contributed by atoms with Gasteiger partial charge in [0.05, 0.1) is 5.02 Å². The molecule has 0 aliphatic carbocycles. The monoisotopic (exact) mass is 414 g/mol. The third-order valence-electron chi connectivity index (χ3n) is 4.85. The van der Waals surface area contributed by atoms with Gasteiger partial charge in [-0.25, -0.2) is 4.79 Å². The molecule has 3 aromatic rings. The Labute approximate surface area is 174 Å². The molecule has 0 saturated heterocycles. The lowest BCUT2D eigenvalue weighted by atomic mass is 10.1. The van der Waals surface area contributed by atoms with Crippen LogP contribution in [0.3, 0.4) is 0 Å². The number of halogens is 1. The van der Waals surface area contributed by atoms with E-state index in [1.165, 1.54) is 0 Å². The first kappa shape index (κ1) is 20.9. The first-order chi connectivity index (χ1) is 13.8. The molecule has 0 unspecified atom stereocenters. The molecule has 0 radical (unpaired) electrons. The SMILES string of the molecule is CCCn1c(C)cc(C(=O)COC(=O)c2c(-c3ccccc3Cl)noc2C)c1C. The van der Waals surface area contributed by atoms with Gasteiger partial charge in [-0.1, -0.05) is 41.9 Å². The van der Waals surface area contributed by atoms with Gasteiger partial charge in [-0.05, 0) is 39.3 Å². The highest BCUT2D eigenvalue weighted by Crippen LogP contribution is 2.31. The standard InChI is InChI=1S/C22H23ClN2O4/c1-5-10-25-13(2)11-17(14(25)3)19(26)12-28-22(27)20-15(4)29-24-21(20)16-8-6-7-9-18(16)23/h6-9,11H,5,10,12H2,1-4H3. The summed E-state index contributed by atoms with van der Waals surface area (Å²) in [7, 11) is 0. The molecule has 3 rings (SSSR count). The lowest BCUT2D eigenvalue weighted by Gasteiger charge is -2.08. The van der Waals surface area contributed by atoms with Gasteiger partial charge in [-0.15, -0.1) is 0 Å². The number of hydrogen-bond donors (Lipinski definition) is 0. The van der Waals surface area contributed by atoms with E-state index in [9.17, 15) is 9.59 Å². The van der Waals surface area contributed by atoms with Crippen molar-refractivity contribution in [2.75, 3.05) is 6.61 Å². The molecule has 0 aliphatic rings. The molecule has 152 valence electrons. The van der Waals surface area contributed by atoms with Gasteiger partial charge in [0.2, 0.25) is 5.78 Å². The zero-order valence-electron chi connectivity index (χ0n) is 16.9. The van der Waals surface area contributed by atoms with Crippen molar-refractivity contribution < 1.29 is 18.8 Å². The van der Waals surface area contributed by atoms with Crippen LogP contribution in [0.15, 0.2) is 34.9 Å². The van der Waals surface area contributed by atoms with Crippen LogP contribution in [0.5, 0.6) is 0 Å². The molecule has 1 aromatic carbocycles. The van der Waals surface area contributed by atoms with E-state index in [1.54, 1.807) is 31.2 Å². The maximum absolute atomic E-state index is 12.7. The molecule has 2 heterocycles. The number of aromatic nitrogens is 2. The number of ketones is 1. The van der Waals surface area contributed by atoms with E-state index in [1.807, 2.05) is 19.9 Å². The van der Waals surface area contributed by atoms with Crippen LogP contribution in [0.1, 0.15) is 51.2 Å². The molecule has 0 saturated carbocycles. The van der Waals surface area contributed by atoms with E-state index in [0.717, 1.165) is 24.4 Å². The molecule has 2 aromatic heterocycles. The van der Waals surface area contributed by atoms with E-state index in [0.29, 0.717) is 27.6 Å². The van der Waals surface area contributed by atoms with Crippen molar-refractivity contribution in [3.05, 3.63) is 63.6 Å². The average Bonchev–Trinajstić information content (AvgIpc) is 3.21. The van der Waals surface area contributed by atoms with Crippen LogP contribution in [0, 0.1) is 20.8 Å².